The van der Waals surface area contributed by atoms with Crippen molar-refractivity contribution in [2.75, 3.05) is 25.3 Å². The molecule has 0 aliphatic rings. The molecule has 0 bridgehead atoms. The highest BCUT2D eigenvalue weighted by molar-refractivity contribution is 7.33. The van der Waals surface area contributed by atoms with Gasteiger partial charge in [0.1, 0.15) is 23.3 Å². The molecule has 0 aromatic rings. The van der Waals surface area contributed by atoms with Crippen molar-refractivity contribution in [3.8, 4) is 0 Å². The highest BCUT2D eigenvalue weighted by Gasteiger charge is 2.44. The van der Waals surface area contributed by atoms with Crippen molar-refractivity contribution in [1.29, 1.82) is 0 Å². The fourth-order valence-electron chi connectivity index (χ4n) is 2.52. The molecule has 0 aromatic carbocycles. The third-order valence-corrected chi connectivity index (χ3v) is 6.05. The molecule has 0 saturated carbocycles. The second kappa shape index (κ2) is 13.7. The Bertz CT molecular complexity index is 306. The molecule has 0 rings (SSSR count). The molecule has 24 heavy (non-hydrogen) atoms. The Labute approximate surface area is 157 Å². The number of ether oxygens (including phenoxy) is 2. The van der Waals surface area contributed by atoms with Gasteiger partial charge in [0.15, 0.2) is 0 Å². The van der Waals surface area contributed by atoms with E-state index in [1.165, 1.54) is 0 Å². The van der Waals surface area contributed by atoms with Crippen LogP contribution in [0.4, 0.5) is 0 Å². The van der Waals surface area contributed by atoms with Crippen LogP contribution >= 0.6 is 31.5 Å². The molecule has 0 fully saturated rings. The van der Waals surface area contributed by atoms with Crippen LogP contribution in [0.3, 0.4) is 0 Å². The summed E-state index contributed by atoms with van der Waals surface area (Å²) in [5.41, 5.74) is -1.06. The second-order valence-corrected chi connectivity index (χ2v) is 6.97. The summed E-state index contributed by atoms with van der Waals surface area (Å²) < 4.78 is 34.6. The lowest BCUT2D eigenvalue weighted by Gasteiger charge is -2.28. The first-order valence-corrected chi connectivity index (χ1v) is 10.8. The molecule has 0 aliphatic heterocycles. The van der Waals surface area contributed by atoms with Crippen LogP contribution in [0.2, 0.25) is 0 Å². The van der Waals surface area contributed by atoms with Gasteiger partial charge in [-0.1, -0.05) is 50.9 Å². The summed E-state index contributed by atoms with van der Waals surface area (Å²) in [6.45, 7) is 8.96. The van der Waals surface area contributed by atoms with E-state index in [-0.39, 0.29) is 12.1 Å². The Morgan fingerprint density at radius 3 is 1.33 bits per heavy atom. The quantitative estimate of drug-likeness (QED) is 0.179. The van der Waals surface area contributed by atoms with E-state index in [2.05, 4.69) is 0 Å². The number of alkyl halides is 2. The zero-order valence-corrected chi connectivity index (χ0v) is 17.7. The van der Waals surface area contributed by atoms with Gasteiger partial charge in [0.2, 0.25) is 0 Å². The smallest absolute Gasteiger partial charge is 0.366 e. The maximum atomic E-state index is 12.5. The zero-order valence-electron chi connectivity index (χ0n) is 15.3. The number of halogens is 2. The minimum Gasteiger partial charge on any atom is -0.366 e. The first-order chi connectivity index (χ1) is 11.5. The Morgan fingerprint density at radius 1 is 0.750 bits per heavy atom. The fourth-order valence-corrected chi connectivity index (χ4v) is 4.10. The molecule has 144 valence electrons. The van der Waals surface area contributed by atoms with Crippen LogP contribution in [-0.2, 0) is 23.1 Å². The average molecular weight is 406 g/mol. The van der Waals surface area contributed by atoms with Crippen LogP contribution in [-0.4, -0.2) is 36.5 Å². The molecular weight excluding hydrogens is 374 g/mol. The zero-order chi connectivity index (χ0) is 18.5. The third-order valence-electron chi connectivity index (χ3n) is 4.67. The van der Waals surface area contributed by atoms with Crippen molar-refractivity contribution >= 4 is 31.5 Å². The molecule has 0 N–H and O–H groups in total. The van der Waals surface area contributed by atoms with Crippen molar-refractivity contribution in [2.45, 2.75) is 77.4 Å². The first-order valence-electron chi connectivity index (χ1n) is 8.59. The standard InChI is InChI=1S/C16H32Cl2O5P/c1-5-15(6-2,9-11-20-13-17)22-24(19)23-16(7-3,8-4)10-12-21-14-18/h5-14H2,1-4H3/q+1. The van der Waals surface area contributed by atoms with Crippen LogP contribution in [0.25, 0.3) is 0 Å². The Morgan fingerprint density at radius 2 is 1.08 bits per heavy atom. The normalized spacial score (nSPS) is 12.6. The number of hydrogen-bond acceptors (Lipinski definition) is 5. The SMILES string of the molecule is CCC(CC)(CCOCCl)O[P+](=O)OC(CC)(CC)CCOCCl. The van der Waals surface area contributed by atoms with Crippen LogP contribution in [0.5, 0.6) is 0 Å². The molecule has 0 radical (unpaired) electrons. The summed E-state index contributed by atoms with van der Waals surface area (Å²) in [5.74, 6) is 0. The minimum atomic E-state index is -2.25. The summed E-state index contributed by atoms with van der Waals surface area (Å²) in [4.78, 5) is 0. The van der Waals surface area contributed by atoms with E-state index < -0.39 is 19.5 Å². The molecule has 0 aromatic heterocycles. The monoisotopic (exact) mass is 405 g/mol. The molecule has 0 atom stereocenters. The maximum Gasteiger partial charge on any atom is 0.698 e. The first kappa shape index (κ1) is 24.5. The summed E-state index contributed by atoms with van der Waals surface area (Å²) in [6, 6.07) is 0.281. The predicted octanol–water partition coefficient (Wildman–Crippen LogP) is 6.00. The average Bonchev–Trinajstić information content (AvgIpc) is 2.60. The van der Waals surface area contributed by atoms with Gasteiger partial charge in [-0.15, -0.1) is 9.05 Å². The third kappa shape index (κ3) is 8.75. The topological polar surface area (TPSA) is 54.0 Å². The van der Waals surface area contributed by atoms with E-state index in [4.69, 9.17) is 41.7 Å². The molecular formula is C16H32Cl2O5P+. The minimum absolute atomic E-state index is 0.140. The van der Waals surface area contributed by atoms with E-state index in [0.717, 1.165) is 25.7 Å². The fraction of sp³-hybridized carbons (Fsp3) is 1.00. The van der Waals surface area contributed by atoms with Crippen LogP contribution in [0, 0.1) is 0 Å². The van der Waals surface area contributed by atoms with E-state index in [9.17, 15) is 4.57 Å². The lowest BCUT2D eigenvalue weighted by atomic mass is 9.94. The Balaban J connectivity index is 4.82. The molecule has 0 amide bonds. The van der Waals surface area contributed by atoms with Crippen LogP contribution in [0.15, 0.2) is 0 Å². The van der Waals surface area contributed by atoms with E-state index in [0.29, 0.717) is 26.1 Å². The van der Waals surface area contributed by atoms with Gasteiger partial charge in [0.05, 0.1) is 13.2 Å². The lowest BCUT2D eigenvalue weighted by molar-refractivity contribution is -0.0230. The van der Waals surface area contributed by atoms with Crippen LogP contribution < -0.4 is 0 Å². The molecule has 0 heterocycles. The molecule has 0 aliphatic carbocycles. The highest BCUT2D eigenvalue weighted by Crippen LogP contribution is 2.43. The van der Waals surface area contributed by atoms with Gasteiger partial charge < -0.3 is 9.47 Å². The Kier molecular flexibility index (Phi) is 14.0. The largest absolute Gasteiger partial charge is 0.698 e. The molecule has 5 nitrogen and oxygen atoms in total. The molecule has 0 unspecified atom stereocenters. The van der Waals surface area contributed by atoms with Crippen molar-refractivity contribution < 1.29 is 23.1 Å². The van der Waals surface area contributed by atoms with E-state index in [1.54, 1.807) is 0 Å². The van der Waals surface area contributed by atoms with E-state index >= 15 is 0 Å². The Hall–Kier alpha value is 0.520. The summed E-state index contributed by atoms with van der Waals surface area (Å²) >= 11 is 11.1. The number of rotatable bonds is 16. The predicted molar refractivity (Wildman–Crippen MR) is 99.0 cm³/mol. The van der Waals surface area contributed by atoms with Crippen molar-refractivity contribution in [1.82, 2.24) is 0 Å². The van der Waals surface area contributed by atoms with Gasteiger partial charge in [-0.25, -0.2) is 0 Å². The summed E-state index contributed by atoms with van der Waals surface area (Å²) in [7, 11) is -2.25. The molecule has 0 spiro atoms. The van der Waals surface area contributed by atoms with Crippen molar-refractivity contribution in [3.05, 3.63) is 0 Å². The molecule has 0 saturated heterocycles. The van der Waals surface area contributed by atoms with Gasteiger partial charge in [0, 0.05) is 17.4 Å². The molecule has 8 heteroatoms. The second-order valence-electron chi connectivity index (χ2n) is 5.72. The van der Waals surface area contributed by atoms with E-state index in [1.807, 2.05) is 27.7 Å². The van der Waals surface area contributed by atoms with Gasteiger partial charge in [-0.3, -0.25) is 0 Å². The van der Waals surface area contributed by atoms with Gasteiger partial charge >= 0.3 is 8.25 Å². The summed E-state index contributed by atoms with van der Waals surface area (Å²) in [6.07, 6.45) is 4.14. The highest BCUT2D eigenvalue weighted by atomic mass is 35.5. The van der Waals surface area contributed by atoms with Gasteiger partial charge in [-0.2, -0.15) is 0 Å². The number of hydrogen-bond donors (Lipinski definition) is 0. The summed E-state index contributed by atoms with van der Waals surface area (Å²) in [5, 5.41) is 0. The van der Waals surface area contributed by atoms with Crippen LogP contribution in [0.1, 0.15) is 66.2 Å². The van der Waals surface area contributed by atoms with Gasteiger partial charge in [0.25, 0.3) is 0 Å². The lowest BCUT2D eigenvalue weighted by Crippen LogP contribution is -2.34. The van der Waals surface area contributed by atoms with Gasteiger partial charge in [-0.05, 0) is 25.7 Å². The maximum absolute atomic E-state index is 12.5. The van der Waals surface area contributed by atoms with Crippen molar-refractivity contribution in [3.63, 3.8) is 0 Å². The van der Waals surface area contributed by atoms with Crippen molar-refractivity contribution in [2.24, 2.45) is 0 Å².